The summed E-state index contributed by atoms with van der Waals surface area (Å²) in [7, 11) is 0. The molecule has 0 aliphatic heterocycles. The predicted molar refractivity (Wildman–Crippen MR) is 119 cm³/mol. The maximum atomic E-state index is 12.2. The Bertz CT molecular complexity index is 1180. The number of nitrogens with one attached hydrogen (secondary N) is 2. The Kier molecular flexibility index (Phi) is 7.70. The Balaban J connectivity index is 1.64. The number of aromatic amines is 1. The quantitative estimate of drug-likeness (QED) is 0.302. The number of aromatic nitrogens is 2. The van der Waals surface area contributed by atoms with E-state index < -0.39 is 5.56 Å². The zero-order valence-electron chi connectivity index (χ0n) is 17.4. The van der Waals surface area contributed by atoms with E-state index in [9.17, 15) is 14.9 Å². The fraction of sp³-hybridized carbons (Fsp3) is 0.174. The first-order valence-electron chi connectivity index (χ1n) is 9.88. The second kappa shape index (κ2) is 11.1. The molecule has 9 nitrogen and oxygen atoms in total. The van der Waals surface area contributed by atoms with Crippen molar-refractivity contribution in [3.63, 3.8) is 0 Å². The lowest BCUT2D eigenvalue weighted by Gasteiger charge is -2.06. The highest BCUT2D eigenvalue weighted by molar-refractivity contribution is 5.80. The molecule has 0 aliphatic rings. The van der Waals surface area contributed by atoms with Crippen LogP contribution in [0.15, 0.2) is 64.5 Å². The number of ether oxygens (including phenoxy) is 2. The van der Waals surface area contributed by atoms with Gasteiger partial charge in [-0.3, -0.25) is 14.6 Å². The molecule has 0 saturated carbocycles. The first-order chi connectivity index (χ1) is 15.6. The lowest BCUT2D eigenvalue weighted by atomic mass is 10.1. The number of nitriles is 1. The van der Waals surface area contributed by atoms with E-state index in [1.54, 1.807) is 61.7 Å². The SMILES string of the molecule is CCOC(=O)CCOc1ccc(C=NNc2nc(-c3ccccc3)c(C#N)c(=O)[nH]2)cc1. The van der Waals surface area contributed by atoms with Crippen molar-refractivity contribution >= 4 is 18.1 Å². The van der Waals surface area contributed by atoms with Crippen molar-refractivity contribution in [3.8, 4) is 23.1 Å². The molecule has 0 fully saturated rings. The standard InChI is InChI=1S/C23H21N5O4/c1-2-31-20(29)12-13-32-18-10-8-16(9-11-18)15-25-28-23-26-21(17-6-4-3-5-7-17)19(14-24)22(30)27-23/h3-11,15H,2,12-13H2,1H3,(H2,26,27,28,30). The minimum absolute atomic E-state index is 0.0655. The summed E-state index contributed by atoms with van der Waals surface area (Å²) in [6.45, 7) is 2.33. The summed E-state index contributed by atoms with van der Waals surface area (Å²) in [4.78, 5) is 30.4. The molecule has 32 heavy (non-hydrogen) atoms. The molecule has 0 aliphatic carbocycles. The second-order valence-corrected chi connectivity index (χ2v) is 6.46. The van der Waals surface area contributed by atoms with Crippen LogP contribution in [0.3, 0.4) is 0 Å². The third-order valence-electron chi connectivity index (χ3n) is 4.22. The Labute approximate surface area is 184 Å². The average Bonchev–Trinajstić information content (AvgIpc) is 2.80. The predicted octanol–water partition coefficient (Wildman–Crippen LogP) is 3.09. The molecule has 1 heterocycles. The second-order valence-electron chi connectivity index (χ2n) is 6.46. The van der Waals surface area contributed by atoms with Crippen LogP contribution in [0.25, 0.3) is 11.3 Å². The zero-order chi connectivity index (χ0) is 22.8. The number of hydrazone groups is 1. The molecule has 9 heteroatoms. The maximum absolute atomic E-state index is 12.2. The summed E-state index contributed by atoms with van der Waals surface area (Å²) in [6.07, 6.45) is 1.73. The summed E-state index contributed by atoms with van der Waals surface area (Å²) >= 11 is 0. The van der Waals surface area contributed by atoms with Crippen molar-refractivity contribution in [2.45, 2.75) is 13.3 Å². The number of nitrogens with zero attached hydrogens (tertiary/aromatic N) is 3. The van der Waals surface area contributed by atoms with Gasteiger partial charge in [0, 0.05) is 5.56 Å². The maximum Gasteiger partial charge on any atom is 0.309 e. The normalized spacial score (nSPS) is 10.5. The van der Waals surface area contributed by atoms with Crippen molar-refractivity contribution in [1.29, 1.82) is 5.26 Å². The van der Waals surface area contributed by atoms with Gasteiger partial charge in [0.2, 0.25) is 5.95 Å². The van der Waals surface area contributed by atoms with Gasteiger partial charge in [-0.25, -0.2) is 10.4 Å². The third kappa shape index (κ3) is 6.03. The zero-order valence-corrected chi connectivity index (χ0v) is 17.4. The monoisotopic (exact) mass is 431 g/mol. The van der Waals surface area contributed by atoms with Crippen LogP contribution in [0, 0.1) is 11.3 Å². The minimum atomic E-state index is -0.552. The molecular weight excluding hydrogens is 410 g/mol. The van der Waals surface area contributed by atoms with Crippen LogP contribution in [-0.2, 0) is 9.53 Å². The number of H-pyrrole nitrogens is 1. The summed E-state index contributed by atoms with van der Waals surface area (Å²) in [6, 6.07) is 17.9. The van der Waals surface area contributed by atoms with E-state index in [0.717, 1.165) is 5.56 Å². The molecule has 3 rings (SSSR count). The van der Waals surface area contributed by atoms with Gasteiger partial charge in [0.1, 0.15) is 17.4 Å². The van der Waals surface area contributed by atoms with Crippen LogP contribution in [-0.4, -0.2) is 35.4 Å². The number of carbonyl (C=O) groups is 1. The number of hydrogen-bond acceptors (Lipinski definition) is 8. The van der Waals surface area contributed by atoms with Gasteiger partial charge in [-0.05, 0) is 36.8 Å². The summed E-state index contributed by atoms with van der Waals surface area (Å²) in [5.41, 5.74) is 3.76. The van der Waals surface area contributed by atoms with Crippen LogP contribution in [0.2, 0.25) is 0 Å². The largest absolute Gasteiger partial charge is 0.493 e. The van der Waals surface area contributed by atoms with Crippen molar-refractivity contribution < 1.29 is 14.3 Å². The van der Waals surface area contributed by atoms with Gasteiger partial charge in [0.25, 0.3) is 5.56 Å². The number of hydrogen-bond donors (Lipinski definition) is 2. The van der Waals surface area contributed by atoms with E-state index in [-0.39, 0.29) is 36.2 Å². The summed E-state index contributed by atoms with van der Waals surface area (Å²) in [5.74, 6) is 0.431. The topological polar surface area (TPSA) is 129 Å². The Morgan fingerprint density at radius 3 is 2.66 bits per heavy atom. The van der Waals surface area contributed by atoms with Gasteiger partial charge >= 0.3 is 5.97 Å². The molecule has 0 atom stereocenters. The fourth-order valence-corrected chi connectivity index (χ4v) is 2.74. The lowest BCUT2D eigenvalue weighted by molar-refractivity contribution is -0.143. The van der Waals surface area contributed by atoms with E-state index in [2.05, 4.69) is 20.5 Å². The van der Waals surface area contributed by atoms with Crippen LogP contribution < -0.4 is 15.7 Å². The van der Waals surface area contributed by atoms with Gasteiger partial charge in [0.15, 0.2) is 0 Å². The van der Waals surface area contributed by atoms with Crippen molar-refractivity contribution in [3.05, 3.63) is 76.1 Å². The Hall–Kier alpha value is -4.45. The number of anilines is 1. The summed E-state index contributed by atoms with van der Waals surface area (Å²) in [5, 5.41) is 13.4. The lowest BCUT2D eigenvalue weighted by Crippen LogP contribution is -2.16. The molecule has 2 N–H and O–H groups in total. The number of esters is 1. The molecule has 0 unspecified atom stereocenters. The first kappa shape index (κ1) is 22.2. The Morgan fingerprint density at radius 1 is 1.22 bits per heavy atom. The smallest absolute Gasteiger partial charge is 0.309 e. The van der Waals surface area contributed by atoms with E-state index in [1.807, 2.05) is 12.1 Å². The van der Waals surface area contributed by atoms with E-state index in [1.165, 1.54) is 0 Å². The minimum Gasteiger partial charge on any atom is -0.493 e. The first-order valence-corrected chi connectivity index (χ1v) is 9.88. The Morgan fingerprint density at radius 2 is 1.97 bits per heavy atom. The average molecular weight is 431 g/mol. The highest BCUT2D eigenvalue weighted by atomic mass is 16.5. The van der Waals surface area contributed by atoms with Gasteiger partial charge < -0.3 is 9.47 Å². The molecule has 1 aromatic heterocycles. The van der Waals surface area contributed by atoms with E-state index >= 15 is 0 Å². The van der Waals surface area contributed by atoms with E-state index in [4.69, 9.17) is 9.47 Å². The van der Waals surface area contributed by atoms with Crippen LogP contribution in [0.1, 0.15) is 24.5 Å². The van der Waals surface area contributed by atoms with Crippen LogP contribution >= 0.6 is 0 Å². The molecule has 0 spiro atoms. The summed E-state index contributed by atoms with van der Waals surface area (Å²) < 4.78 is 10.4. The highest BCUT2D eigenvalue weighted by Gasteiger charge is 2.12. The molecule has 162 valence electrons. The van der Waals surface area contributed by atoms with Crippen molar-refractivity contribution in [2.75, 3.05) is 18.6 Å². The number of carbonyl (C=O) groups excluding carboxylic acids is 1. The van der Waals surface area contributed by atoms with Crippen molar-refractivity contribution in [1.82, 2.24) is 9.97 Å². The van der Waals surface area contributed by atoms with Crippen LogP contribution in [0.5, 0.6) is 5.75 Å². The van der Waals surface area contributed by atoms with Gasteiger partial charge in [-0.15, -0.1) is 0 Å². The molecule has 0 amide bonds. The van der Waals surface area contributed by atoms with Gasteiger partial charge in [-0.2, -0.15) is 10.4 Å². The molecular formula is C23H21N5O4. The number of benzene rings is 2. The highest BCUT2D eigenvalue weighted by Crippen LogP contribution is 2.19. The molecule has 0 bridgehead atoms. The molecule has 2 aromatic carbocycles. The molecule has 3 aromatic rings. The van der Waals surface area contributed by atoms with Crippen molar-refractivity contribution in [2.24, 2.45) is 5.10 Å². The van der Waals surface area contributed by atoms with Gasteiger partial charge in [-0.1, -0.05) is 30.3 Å². The third-order valence-corrected chi connectivity index (χ3v) is 4.22. The van der Waals surface area contributed by atoms with E-state index in [0.29, 0.717) is 17.9 Å². The van der Waals surface area contributed by atoms with Gasteiger partial charge in [0.05, 0.1) is 31.5 Å². The molecule has 0 saturated heterocycles. The van der Waals surface area contributed by atoms with Crippen LogP contribution in [0.4, 0.5) is 5.95 Å². The molecule has 0 radical (unpaired) electrons. The number of rotatable bonds is 9. The fourth-order valence-electron chi connectivity index (χ4n) is 2.74.